The smallest absolute Gasteiger partial charge is 0.131 e. The summed E-state index contributed by atoms with van der Waals surface area (Å²) < 4.78 is 0. The monoisotopic (exact) mass is 323 g/mol. The van der Waals surface area contributed by atoms with E-state index >= 15 is 0 Å². The van der Waals surface area contributed by atoms with E-state index in [1.807, 2.05) is 6.20 Å². The van der Waals surface area contributed by atoms with Crippen molar-refractivity contribution in [1.29, 1.82) is 0 Å². The third kappa shape index (κ3) is 3.96. The maximum absolute atomic E-state index is 4.69. The molecule has 3 heteroatoms. The van der Waals surface area contributed by atoms with E-state index in [1.165, 1.54) is 42.9 Å². The highest BCUT2D eigenvalue weighted by molar-refractivity contribution is 5.47. The topological polar surface area (TPSA) is 19.4 Å². The summed E-state index contributed by atoms with van der Waals surface area (Å²) in [5, 5.41) is 0. The van der Waals surface area contributed by atoms with Gasteiger partial charge in [-0.25, -0.2) is 4.98 Å². The molecule has 3 rings (SSSR count). The molecule has 1 aliphatic heterocycles. The standard InChI is InChI=1S/C21H29N3/c1-3-19-11-8-14-22-21(19)24(4-2)20-12-15-23(16-13-20)17-18-9-6-5-7-10-18/h5-11,14,20H,3-4,12-13,15-17H2,1-2H3. The molecule has 0 unspecified atom stereocenters. The molecule has 0 spiro atoms. The minimum Gasteiger partial charge on any atom is -0.354 e. The number of aromatic nitrogens is 1. The Balaban J connectivity index is 1.62. The average molecular weight is 323 g/mol. The second kappa shape index (κ2) is 8.29. The fraction of sp³-hybridized carbons (Fsp3) is 0.476. The van der Waals surface area contributed by atoms with Gasteiger partial charge in [0.15, 0.2) is 0 Å². The van der Waals surface area contributed by atoms with Crippen LogP contribution in [0.2, 0.25) is 0 Å². The van der Waals surface area contributed by atoms with Gasteiger partial charge < -0.3 is 4.90 Å². The Morgan fingerprint density at radius 2 is 1.79 bits per heavy atom. The summed E-state index contributed by atoms with van der Waals surface area (Å²) in [6.45, 7) is 8.92. The highest BCUT2D eigenvalue weighted by atomic mass is 15.2. The van der Waals surface area contributed by atoms with Crippen LogP contribution in [0.4, 0.5) is 5.82 Å². The molecule has 24 heavy (non-hydrogen) atoms. The van der Waals surface area contributed by atoms with Gasteiger partial charge in [0.1, 0.15) is 5.82 Å². The van der Waals surface area contributed by atoms with Crippen molar-refractivity contribution in [3.8, 4) is 0 Å². The predicted molar refractivity (Wildman–Crippen MR) is 101 cm³/mol. The van der Waals surface area contributed by atoms with Crippen LogP contribution in [0, 0.1) is 0 Å². The Morgan fingerprint density at radius 3 is 2.46 bits per heavy atom. The number of hydrogen-bond acceptors (Lipinski definition) is 3. The zero-order valence-corrected chi connectivity index (χ0v) is 15.0. The van der Waals surface area contributed by atoms with Crippen LogP contribution >= 0.6 is 0 Å². The van der Waals surface area contributed by atoms with Gasteiger partial charge in [0.05, 0.1) is 0 Å². The highest BCUT2D eigenvalue weighted by Crippen LogP contribution is 2.25. The Kier molecular flexibility index (Phi) is 5.86. The molecule has 2 aromatic rings. The number of benzene rings is 1. The van der Waals surface area contributed by atoms with E-state index in [1.54, 1.807) is 0 Å². The van der Waals surface area contributed by atoms with Gasteiger partial charge in [0, 0.05) is 38.4 Å². The summed E-state index contributed by atoms with van der Waals surface area (Å²) in [4.78, 5) is 9.80. The minimum atomic E-state index is 0.613. The third-order valence-electron chi connectivity index (χ3n) is 5.11. The maximum atomic E-state index is 4.69. The molecule has 2 heterocycles. The Bertz CT molecular complexity index is 618. The number of rotatable bonds is 6. The number of aryl methyl sites for hydroxylation is 1. The lowest BCUT2D eigenvalue weighted by molar-refractivity contribution is 0.201. The first kappa shape index (κ1) is 17.0. The molecule has 0 atom stereocenters. The van der Waals surface area contributed by atoms with Crippen molar-refractivity contribution in [3.63, 3.8) is 0 Å². The van der Waals surface area contributed by atoms with Gasteiger partial charge >= 0.3 is 0 Å². The number of pyridine rings is 1. The molecule has 1 aromatic heterocycles. The lowest BCUT2D eigenvalue weighted by Gasteiger charge is -2.39. The van der Waals surface area contributed by atoms with Gasteiger partial charge in [-0.1, -0.05) is 43.3 Å². The van der Waals surface area contributed by atoms with E-state index in [0.29, 0.717) is 6.04 Å². The Labute approximate surface area is 146 Å². The van der Waals surface area contributed by atoms with Crippen LogP contribution in [-0.4, -0.2) is 35.6 Å². The van der Waals surface area contributed by atoms with Gasteiger partial charge in [-0.2, -0.15) is 0 Å². The van der Waals surface area contributed by atoms with Crippen molar-refractivity contribution >= 4 is 5.82 Å². The lowest BCUT2D eigenvalue weighted by atomic mass is 10.0. The van der Waals surface area contributed by atoms with Crippen molar-refractivity contribution in [2.45, 2.75) is 45.7 Å². The van der Waals surface area contributed by atoms with Crippen molar-refractivity contribution in [2.75, 3.05) is 24.5 Å². The molecule has 0 aliphatic carbocycles. The van der Waals surface area contributed by atoms with Gasteiger partial charge in [-0.3, -0.25) is 4.90 Å². The van der Waals surface area contributed by atoms with Crippen LogP contribution < -0.4 is 4.90 Å². The van der Waals surface area contributed by atoms with Crippen molar-refractivity contribution in [1.82, 2.24) is 9.88 Å². The lowest BCUT2D eigenvalue weighted by Crippen LogP contribution is -2.45. The van der Waals surface area contributed by atoms with E-state index in [0.717, 1.165) is 19.5 Å². The Morgan fingerprint density at radius 1 is 1.04 bits per heavy atom. The molecule has 1 aromatic carbocycles. The van der Waals surface area contributed by atoms with Crippen molar-refractivity contribution in [2.24, 2.45) is 0 Å². The fourth-order valence-corrected chi connectivity index (χ4v) is 3.78. The molecular weight excluding hydrogens is 294 g/mol. The quantitative estimate of drug-likeness (QED) is 0.796. The first-order valence-electron chi connectivity index (χ1n) is 9.28. The summed E-state index contributed by atoms with van der Waals surface area (Å²) in [5.41, 5.74) is 2.78. The van der Waals surface area contributed by atoms with Crippen LogP contribution in [0.5, 0.6) is 0 Å². The summed E-state index contributed by atoms with van der Waals surface area (Å²) in [7, 11) is 0. The molecule has 128 valence electrons. The molecule has 0 radical (unpaired) electrons. The molecular formula is C21H29N3. The highest BCUT2D eigenvalue weighted by Gasteiger charge is 2.25. The molecule has 1 fully saturated rings. The van der Waals surface area contributed by atoms with Crippen LogP contribution in [0.1, 0.15) is 37.8 Å². The van der Waals surface area contributed by atoms with E-state index in [9.17, 15) is 0 Å². The van der Waals surface area contributed by atoms with Gasteiger partial charge in [-0.15, -0.1) is 0 Å². The van der Waals surface area contributed by atoms with Crippen molar-refractivity contribution < 1.29 is 0 Å². The predicted octanol–water partition coefficient (Wildman–Crippen LogP) is 4.13. The van der Waals surface area contributed by atoms with Crippen LogP contribution in [-0.2, 0) is 13.0 Å². The molecule has 0 N–H and O–H groups in total. The third-order valence-corrected chi connectivity index (χ3v) is 5.11. The first-order chi connectivity index (χ1) is 11.8. The van der Waals surface area contributed by atoms with E-state index < -0.39 is 0 Å². The van der Waals surface area contributed by atoms with E-state index in [4.69, 9.17) is 4.98 Å². The van der Waals surface area contributed by atoms with Gasteiger partial charge in [-0.05, 0) is 43.4 Å². The number of anilines is 1. The SMILES string of the molecule is CCc1cccnc1N(CC)C1CCN(Cc2ccccc2)CC1. The molecule has 1 saturated heterocycles. The zero-order chi connectivity index (χ0) is 16.8. The molecule has 0 amide bonds. The van der Waals surface area contributed by atoms with Gasteiger partial charge in [0.2, 0.25) is 0 Å². The summed E-state index contributed by atoms with van der Waals surface area (Å²) in [6, 6.07) is 15.7. The summed E-state index contributed by atoms with van der Waals surface area (Å²) in [5.74, 6) is 1.20. The molecule has 1 aliphatic rings. The average Bonchev–Trinajstić information content (AvgIpc) is 2.65. The minimum absolute atomic E-state index is 0.613. The Hall–Kier alpha value is -1.87. The fourth-order valence-electron chi connectivity index (χ4n) is 3.78. The molecule has 0 saturated carbocycles. The first-order valence-corrected chi connectivity index (χ1v) is 9.28. The maximum Gasteiger partial charge on any atom is 0.131 e. The van der Waals surface area contributed by atoms with Crippen molar-refractivity contribution in [3.05, 3.63) is 59.8 Å². The largest absolute Gasteiger partial charge is 0.354 e. The summed E-state index contributed by atoms with van der Waals surface area (Å²) >= 11 is 0. The van der Waals surface area contributed by atoms with Crippen LogP contribution in [0.15, 0.2) is 48.7 Å². The van der Waals surface area contributed by atoms with Gasteiger partial charge in [0.25, 0.3) is 0 Å². The second-order valence-corrected chi connectivity index (χ2v) is 6.62. The van der Waals surface area contributed by atoms with Crippen LogP contribution in [0.3, 0.4) is 0 Å². The van der Waals surface area contributed by atoms with Crippen LogP contribution in [0.25, 0.3) is 0 Å². The second-order valence-electron chi connectivity index (χ2n) is 6.62. The molecule has 3 nitrogen and oxygen atoms in total. The zero-order valence-electron chi connectivity index (χ0n) is 15.0. The number of nitrogens with zero attached hydrogens (tertiary/aromatic N) is 3. The summed E-state index contributed by atoms with van der Waals surface area (Å²) in [6.07, 6.45) is 5.43. The van der Waals surface area contributed by atoms with E-state index in [2.05, 4.69) is 66.1 Å². The number of likely N-dealkylation sites (tertiary alicyclic amines) is 1. The normalized spacial score (nSPS) is 16.2. The molecule has 0 bridgehead atoms. The van der Waals surface area contributed by atoms with E-state index in [-0.39, 0.29) is 0 Å². The number of piperidine rings is 1. The number of hydrogen-bond donors (Lipinski definition) is 0.